The van der Waals surface area contributed by atoms with Crippen LogP contribution in [0.25, 0.3) is 0 Å². The number of thioether (sulfide) groups is 1. The summed E-state index contributed by atoms with van der Waals surface area (Å²) in [5.41, 5.74) is 1.87. The summed E-state index contributed by atoms with van der Waals surface area (Å²) in [6.07, 6.45) is 0.847. The van der Waals surface area contributed by atoms with Gasteiger partial charge in [-0.15, -0.1) is 10.2 Å². The lowest BCUT2D eigenvalue weighted by molar-refractivity contribution is -0.116. The highest BCUT2D eigenvalue weighted by Gasteiger charge is 2.24. The van der Waals surface area contributed by atoms with Crippen LogP contribution >= 0.6 is 34.7 Å². The number of hydrogen-bond acceptors (Lipinski definition) is 6. The first-order valence-corrected chi connectivity index (χ1v) is 10.8. The van der Waals surface area contributed by atoms with Crippen molar-refractivity contribution >= 4 is 57.3 Å². The Balaban J connectivity index is 1.36. The normalized spacial score (nSPS) is 12.7. The standard InChI is InChI=1S/C19H14ClFN4O2S2/c20-12-5-3-6-13(21)16(12)17(27)22-18-23-24-19(29-18)28-10-15(26)25-9-8-11-4-1-2-7-14(11)25/h1-7H,8-10H2,(H,22,23,27). The third kappa shape index (κ3) is 4.26. The van der Waals surface area contributed by atoms with E-state index >= 15 is 0 Å². The second-order valence-corrected chi connectivity index (χ2v) is 8.74. The number of aromatic nitrogens is 2. The fourth-order valence-corrected chi connectivity index (χ4v) is 4.86. The number of nitrogens with one attached hydrogen (secondary N) is 1. The van der Waals surface area contributed by atoms with Gasteiger partial charge >= 0.3 is 0 Å². The quantitative estimate of drug-likeness (QED) is 0.466. The van der Waals surface area contributed by atoms with Crippen LogP contribution in [0.5, 0.6) is 0 Å². The molecule has 2 aromatic carbocycles. The summed E-state index contributed by atoms with van der Waals surface area (Å²) in [6, 6.07) is 11.9. The monoisotopic (exact) mass is 448 g/mol. The molecule has 1 aliphatic heterocycles. The first-order valence-electron chi connectivity index (χ1n) is 8.63. The van der Waals surface area contributed by atoms with E-state index in [-0.39, 0.29) is 27.4 Å². The van der Waals surface area contributed by atoms with E-state index in [2.05, 4.69) is 15.5 Å². The Morgan fingerprint density at radius 3 is 2.86 bits per heavy atom. The molecule has 0 bridgehead atoms. The molecule has 148 valence electrons. The van der Waals surface area contributed by atoms with Gasteiger partial charge < -0.3 is 4.90 Å². The highest BCUT2D eigenvalue weighted by Crippen LogP contribution is 2.30. The Kier molecular flexibility index (Phi) is 5.79. The van der Waals surface area contributed by atoms with Crippen molar-refractivity contribution in [3.05, 3.63) is 64.4 Å². The molecule has 2 heterocycles. The molecule has 0 saturated carbocycles. The smallest absolute Gasteiger partial charge is 0.261 e. The van der Waals surface area contributed by atoms with Crippen LogP contribution in [0.3, 0.4) is 0 Å². The van der Waals surface area contributed by atoms with Crippen molar-refractivity contribution in [1.82, 2.24) is 10.2 Å². The van der Waals surface area contributed by atoms with Gasteiger partial charge in [0, 0.05) is 12.2 Å². The van der Waals surface area contributed by atoms with Crippen molar-refractivity contribution in [2.75, 3.05) is 22.5 Å². The lowest BCUT2D eigenvalue weighted by Crippen LogP contribution is -2.30. The molecule has 10 heteroatoms. The van der Waals surface area contributed by atoms with Crippen molar-refractivity contribution in [2.24, 2.45) is 0 Å². The lowest BCUT2D eigenvalue weighted by Gasteiger charge is -2.16. The van der Waals surface area contributed by atoms with E-state index in [0.717, 1.165) is 29.5 Å². The van der Waals surface area contributed by atoms with Gasteiger partial charge in [0.15, 0.2) is 4.34 Å². The average Bonchev–Trinajstić information content (AvgIpc) is 3.33. The number of carbonyl (C=O) groups excluding carboxylic acids is 2. The third-order valence-electron chi connectivity index (χ3n) is 4.32. The van der Waals surface area contributed by atoms with E-state index in [4.69, 9.17) is 11.6 Å². The van der Waals surface area contributed by atoms with Crippen LogP contribution in [0.2, 0.25) is 5.02 Å². The molecule has 2 amide bonds. The van der Waals surface area contributed by atoms with Crippen molar-refractivity contribution in [3.63, 3.8) is 0 Å². The summed E-state index contributed by atoms with van der Waals surface area (Å²) in [5.74, 6) is -1.23. The van der Waals surface area contributed by atoms with Gasteiger partial charge in [-0.1, -0.05) is 59.0 Å². The largest absolute Gasteiger partial charge is 0.311 e. The second kappa shape index (κ2) is 8.48. The van der Waals surface area contributed by atoms with E-state index < -0.39 is 11.7 Å². The summed E-state index contributed by atoms with van der Waals surface area (Å²) >= 11 is 8.25. The molecule has 1 N–H and O–H groups in total. The van der Waals surface area contributed by atoms with Gasteiger partial charge in [-0.05, 0) is 30.2 Å². The van der Waals surface area contributed by atoms with Crippen LogP contribution in [-0.4, -0.2) is 34.3 Å². The summed E-state index contributed by atoms with van der Waals surface area (Å²) in [7, 11) is 0. The van der Waals surface area contributed by atoms with Gasteiger partial charge in [-0.3, -0.25) is 14.9 Å². The van der Waals surface area contributed by atoms with Crippen LogP contribution < -0.4 is 10.2 Å². The highest BCUT2D eigenvalue weighted by molar-refractivity contribution is 8.01. The molecular formula is C19H14ClFN4O2S2. The number of para-hydroxylation sites is 1. The summed E-state index contributed by atoms with van der Waals surface area (Å²) in [6.45, 7) is 0.666. The van der Waals surface area contributed by atoms with Gasteiger partial charge in [0.05, 0.1) is 16.3 Å². The third-order valence-corrected chi connectivity index (χ3v) is 6.60. The van der Waals surface area contributed by atoms with Crippen LogP contribution in [0.4, 0.5) is 15.2 Å². The number of rotatable bonds is 5. The van der Waals surface area contributed by atoms with Gasteiger partial charge in [0.1, 0.15) is 5.82 Å². The van der Waals surface area contributed by atoms with Crippen molar-refractivity contribution in [2.45, 2.75) is 10.8 Å². The molecule has 0 atom stereocenters. The van der Waals surface area contributed by atoms with E-state index in [9.17, 15) is 14.0 Å². The molecule has 0 aliphatic carbocycles. The van der Waals surface area contributed by atoms with Crippen molar-refractivity contribution < 1.29 is 14.0 Å². The molecule has 0 fully saturated rings. The Morgan fingerprint density at radius 1 is 1.21 bits per heavy atom. The first-order chi connectivity index (χ1) is 14.0. The zero-order valence-electron chi connectivity index (χ0n) is 14.9. The van der Waals surface area contributed by atoms with Crippen LogP contribution in [0.1, 0.15) is 15.9 Å². The highest BCUT2D eigenvalue weighted by atomic mass is 35.5. The lowest BCUT2D eigenvalue weighted by atomic mass is 10.2. The number of hydrogen-bond donors (Lipinski definition) is 1. The van der Waals surface area contributed by atoms with Crippen molar-refractivity contribution in [3.8, 4) is 0 Å². The zero-order valence-corrected chi connectivity index (χ0v) is 17.3. The maximum atomic E-state index is 13.8. The second-order valence-electron chi connectivity index (χ2n) is 6.14. The molecule has 0 radical (unpaired) electrons. The molecule has 6 nitrogen and oxygen atoms in total. The maximum absolute atomic E-state index is 13.8. The first kappa shape index (κ1) is 19.8. The predicted octanol–water partition coefficient (Wildman–Crippen LogP) is 4.26. The topological polar surface area (TPSA) is 75.2 Å². The SMILES string of the molecule is O=C(Nc1nnc(SCC(=O)N2CCc3ccccc32)s1)c1c(F)cccc1Cl. The number of fused-ring (bicyclic) bond motifs is 1. The van der Waals surface area contributed by atoms with Crippen molar-refractivity contribution in [1.29, 1.82) is 0 Å². The number of anilines is 2. The molecule has 4 rings (SSSR count). The fourth-order valence-electron chi connectivity index (χ4n) is 2.99. The Morgan fingerprint density at radius 2 is 2.03 bits per heavy atom. The number of halogens is 2. The molecule has 29 heavy (non-hydrogen) atoms. The average molecular weight is 449 g/mol. The predicted molar refractivity (Wildman–Crippen MR) is 112 cm³/mol. The summed E-state index contributed by atoms with van der Waals surface area (Å²) in [5, 5.41) is 10.6. The van der Waals surface area contributed by atoms with E-state index in [1.165, 1.54) is 29.5 Å². The Hall–Kier alpha value is -2.49. The number of nitrogens with zero attached hydrogens (tertiary/aromatic N) is 3. The number of carbonyl (C=O) groups is 2. The van der Waals surface area contributed by atoms with E-state index in [0.29, 0.717) is 10.9 Å². The molecule has 1 aliphatic rings. The Bertz CT molecular complexity index is 1070. The molecule has 0 unspecified atom stereocenters. The minimum absolute atomic E-state index is 0.0121. The fraction of sp³-hybridized carbons (Fsp3) is 0.158. The molecule has 0 saturated heterocycles. The molecule has 3 aromatic rings. The van der Waals surface area contributed by atoms with Gasteiger partial charge in [-0.2, -0.15) is 0 Å². The minimum Gasteiger partial charge on any atom is -0.311 e. The molecule has 0 spiro atoms. The van der Waals surface area contributed by atoms with Gasteiger partial charge in [0.25, 0.3) is 5.91 Å². The van der Waals surface area contributed by atoms with Crippen LogP contribution in [0, 0.1) is 5.82 Å². The van der Waals surface area contributed by atoms with Crippen LogP contribution in [0.15, 0.2) is 46.8 Å². The van der Waals surface area contributed by atoms with Gasteiger partial charge in [0.2, 0.25) is 11.0 Å². The number of benzene rings is 2. The maximum Gasteiger partial charge on any atom is 0.261 e. The Labute approximate surface area is 179 Å². The van der Waals surface area contributed by atoms with E-state index in [1.807, 2.05) is 24.3 Å². The number of amides is 2. The van der Waals surface area contributed by atoms with Crippen LogP contribution in [-0.2, 0) is 11.2 Å². The zero-order chi connectivity index (χ0) is 20.4. The molecule has 1 aromatic heterocycles. The van der Waals surface area contributed by atoms with E-state index in [1.54, 1.807) is 4.90 Å². The van der Waals surface area contributed by atoms with Gasteiger partial charge in [-0.25, -0.2) is 4.39 Å². The molecular weight excluding hydrogens is 435 g/mol. The summed E-state index contributed by atoms with van der Waals surface area (Å²) in [4.78, 5) is 26.6. The summed E-state index contributed by atoms with van der Waals surface area (Å²) < 4.78 is 14.4. The minimum atomic E-state index is -0.717.